The van der Waals surface area contributed by atoms with Crippen LogP contribution in [0.25, 0.3) is 0 Å². The molecule has 0 fully saturated rings. The van der Waals surface area contributed by atoms with E-state index in [2.05, 4.69) is 0 Å². The Morgan fingerprint density at radius 1 is 0.833 bits per heavy atom. The van der Waals surface area contributed by atoms with Gasteiger partial charge in [0, 0.05) is 29.6 Å². The van der Waals surface area contributed by atoms with Crippen molar-refractivity contribution in [3.05, 3.63) is 0 Å². The van der Waals surface area contributed by atoms with Crippen LogP contribution in [0.15, 0.2) is 0 Å². The standard InChI is InChI=1S/Na.H4O4Si/c;1-5(2,3)4/h;1-4H. The van der Waals surface area contributed by atoms with E-state index in [1.807, 2.05) is 0 Å². The molecular weight excluding hydrogens is 115 g/mol. The molecule has 4 nitrogen and oxygen atoms in total. The summed E-state index contributed by atoms with van der Waals surface area (Å²) in [6.45, 7) is 0. The molecule has 0 atom stereocenters. The molecule has 0 rings (SSSR count). The van der Waals surface area contributed by atoms with E-state index in [0.29, 0.717) is 0 Å². The molecule has 0 amide bonds. The molecule has 0 unspecified atom stereocenters. The summed E-state index contributed by atoms with van der Waals surface area (Å²) < 4.78 is 0. The van der Waals surface area contributed by atoms with E-state index in [4.69, 9.17) is 19.2 Å². The van der Waals surface area contributed by atoms with E-state index in [1.165, 1.54) is 0 Å². The van der Waals surface area contributed by atoms with Crippen molar-refractivity contribution < 1.29 is 19.2 Å². The zero-order valence-electron chi connectivity index (χ0n) is 3.29. The van der Waals surface area contributed by atoms with Crippen LogP contribution in [0.4, 0.5) is 0 Å². The van der Waals surface area contributed by atoms with Crippen molar-refractivity contribution >= 4 is 38.6 Å². The first-order chi connectivity index (χ1) is 2.00. The second kappa shape index (κ2) is 3.11. The molecule has 6 heteroatoms. The monoisotopic (exact) mass is 119 g/mol. The average molecular weight is 119 g/mol. The first-order valence-corrected chi connectivity index (χ1v) is 2.68. The van der Waals surface area contributed by atoms with Crippen LogP contribution >= 0.6 is 0 Å². The molecule has 33 valence electrons. The predicted octanol–water partition coefficient (Wildman–Crippen LogP) is -2.99. The summed E-state index contributed by atoms with van der Waals surface area (Å²) in [5, 5.41) is 0. The molecule has 0 bridgehead atoms. The molecule has 0 aromatic rings. The van der Waals surface area contributed by atoms with E-state index < -0.39 is 9.05 Å². The summed E-state index contributed by atoms with van der Waals surface area (Å²) in [6, 6.07) is 0. The summed E-state index contributed by atoms with van der Waals surface area (Å²) in [7, 11) is -4.61. The van der Waals surface area contributed by atoms with Crippen LogP contribution < -0.4 is 0 Å². The molecule has 0 aliphatic carbocycles. The van der Waals surface area contributed by atoms with E-state index in [-0.39, 0.29) is 29.6 Å². The van der Waals surface area contributed by atoms with Crippen molar-refractivity contribution in [1.82, 2.24) is 0 Å². The molecule has 0 aromatic carbocycles. The Morgan fingerprint density at radius 3 is 0.833 bits per heavy atom. The Morgan fingerprint density at radius 2 is 0.833 bits per heavy atom. The van der Waals surface area contributed by atoms with E-state index >= 15 is 0 Å². The maximum absolute atomic E-state index is 7.33. The van der Waals surface area contributed by atoms with Gasteiger partial charge in [0.05, 0.1) is 0 Å². The largest absolute Gasteiger partial charge is 0.668 e. The Bertz CT molecular complexity index is 23.0. The fraction of sp³-hybridized carbons (Fsp3) is 0. The third-order valence-electron chi connectivity index (χ3n) is 0. The summed E-state index contributed by atoms with van der Waals surface area (Å²) in [5.74, 6) is 0. The van der Waals surface area contributed by atoms with E-state index in [9.17, 15) is 0 Å². The third-order valence-corrected chi connectivity index (χ3v) is 0. The SMILES string of the molecule is O[Si](O)(O)O.[Na]. The number of rotatable bonds is 0. The summed E-state index contributed by atoms with van der Waals surface area (Å²) >= 11 is 0. The molecule has 1 radical (unpaired) electrons. The first-order valence-electron chi connectivity index (χ1n) is 0.894. The van der Waals surface area contributed by atoms with Gasteiger partial charge in [-0.3, -0.25) is 0 Å². The Balaban J connectivity index is 0. The minimum atomic E-state index is -4.61. The van der Waals surface area contributed by atoms with Crippen LogP contribution in [0, 0.1) is 0 Å². The van der Waals surface area contributed by atoms with Gasteiger partial charge in [0.1, 0.15) is 0 Å². The minimum absolute atomic E-state index is 0. The summed E-state index contributed by atoms with van der Waals surface area (Å²) in [6.07, 6.45) is 0. The van der Waals surface area contributed by atoms with Gasteiger partial charge in [0.2, 0.25) is 0 Å². The Kier molecular flexibility index (Phi) is 5.25. The van der Waals surface area contributed by atoms with Crippen molar-refractivity contribution in [1.29, 1.82) is 0 Å². The van der Waals surface area contributed by atoms with Gasteiger partial charge in [0.15, 0.2) is 0 Å². The van der Waals surface area contributed by atoms with E-state index in [1.54, 1.807) is 0 Å². The van der Waals surface area contributed by atoms with Crippen LogP contribution in [-0.4, -0.2) is 57.8 Å². The summed E-state index contributed by atoms with van der Waals surface area (Å²) in [5.41, 5.74) is 0. The van der Waals surface area contributed by atoms with Crippen LogP contribution in [0.3, 0.4) is 0 Å². The van der Waals surface area contributed by atoms with Crippen LogP contribution in [0.2, 0.25) is 0 Å². The summed E-state index contributed by atoms with van der Waals surface area (Å²) in [4.78, 5) is 29.3. The molecule has 6 heavy (non-hydrogen) atoms. The van der Waals surface area contributed by atoms with Gasteiger partial charge < -0.3 is 19.2 Å². The van der Waals surface area contributed by atoms with Crippen LogP contribution in [0.1, 0.15) is 0 Å². The molecule has 4 N–H and O–H groups in total. The van der Waals surface area contributed by atoms with Gasteiger partial charge in [-0.25, -0.2) is 0 Å². The molecule has 0 aliphatic rings. The smallest absolute Gasteiger partial charge is 0.368 e. The van der Waals surface area contributed by atoms with Gasteiger partial charge in [-0.15, -0.1) is 0 Å². The first kappa shape index (κ1) is 10.1. The molecule has 0 saturated heterocycles. The van der Waals surface area contributed by atoms with Crippen molar-refractivity contribution in [2.45, 2.75) is 0 Å². The van der Waals surface area contributed by atoms with Crippen molar-refractivity contribution in [3.8, 4) is 0 Å². The fourth-order valence-corrected chi connectivity index (χ4v) is 0. The van der Waals surface area contributed by atoms with Gasteiger partial charge in [-0.05, 0) is 0 Å². The normalized spacial score (nSPS) is 10.0. The van der Waals surface area contributed by atoms with Gasteiger partial charge >= 0.3 is 9.05 Å². The molecule has 0 aliphatic heterocycles. The number of hydrogen-bond acceptors (Lipinski definition) is 4. The zero-order valence-corrected chi connectivity index (χ0v) is 6.29. The Labute approximate surface area is 57.8 Å². The minimum Gasteiger partial charge on any atom is -0.368 e. The molecule has 0 saturated carbocycles. The predicted molar refractivity (Wildman–Crippen MR) is 20.4 cm³/mol. The molecule has 0 aromatic heterocycles. The maximum atomic E-state index is 7.33. The molecule has 0 heterocycles. The van der Waals surface area contributed by atoms with Gasteiger partial charge in [-0.2, -0.15) is 0 Å². The quantitative estimate of drug-likeness (QED) is 0.256. The topological polar surface area (TPSA) is 80.9 Å². The van der Waals surface area contributed by atoms with Crippen molar-refractivity contribution in [3.63, 3.8) is 0 Å². The Hall–Kier alpha value is 1.06. The molecular formula is H4NaO4Si. The van der Waals surface area contributed by atoms with Crippen molar-refractivity contribution in [2.24, 2.45) is 0 Å². The van der Waals surface area contributed by atoms with Crippen LogP contribution in [-0.2, 0) is 0 Å². The maximum Gasteiger partial charge on any atom is 0.668 e. The zero-order chi connectivity index (χ0) is 4.50. The second-order valence-corrected chi connectivity index (χ2v) is 1.80. The average Bonchev–Trinajstić information content (AvgIpc) is 0.722. The van der Waals surface area contributed by atoms with Crippen LogP contribution in [0.5, 0.6) is 0 Å². The number of hydrogen-bond donors (Lipinski definition) is 4. The third kappa shape index (κ3) is 74.5. The fourth-order valence-electron chi connectivity index (χ4n) is 0. The van der Waals surface area contributed by atoms with Gasteiger partial charge in [-0.1, -0.05) is 0 Å². The molecule has 0 spiro atoms. The van der Waals surface area contributed by atoms with Crippen molar-refractivity contribution in [2.75, 3.05) is 0 Å². The second-order valence-electron chi connectivity index (χ2n) is 0.600. The van der Waals surface area contributed by atoms with Gasteiger partial charge in [0.25, 0.3) is 0 Å². The van der Waals surface area contributed by atoms with E-state index in [0.717, 1.165) is 0 Å².